The number of aryl methyl sites for hydroxylation is 1. The second-order valence-corrected chi connectivity index (χ2v) is 6.92. The summed E-state index contributed by atoms with van der Waals surface area (Å²) >= 11 is 1.53. The molecule has 0 aliphatic carbocycles. The Morgan fingerprint density at radius 3 is 2.52 bits per heavy atom. The van der Waals surface area contributed by atoms with E-state index < -0.39 is 0 Å². The zero-order chi connectivity index (χ0) is 19.1. The van der Waals surface area contributed by atoms with Crippen molar-refractivity contribution in [3.63, 3.8) is 0 Å². The number of thiazole rings is 1. The van der Waals surface area contributed by atoms with E-state index in [2.05, 4.69) is 15.6 Å². The van der Waals surface area contributed by atoms with Gasteiger partial charge < -0.3 is 10.6 Å². The number of amides is 2. The van der Waals surface area contributed by atoms with Gasteiger partial charge in [0, 0.05) is 30.1 Å². The van der Waals surface area contributed by atoms with Crippen LogP contribution in [0.3, 0.4) is 0 Å². The molecular formula is C21H21N3O2S. The Hall–Kier alpha value is -2.99. The summed E-state index contributed by atoms with van der Waals surface area (Å²) < 4.78 is 0. The lowest BCUT2D eigenvalue weighted by Crippen LogP contribution is -2.19. The third-order valence-electron chi connectivity index (χ3n) is 4.11. The van der Waals surface area contributed by atoms with Crippen LogP contribution in [0.4, 0.5) is 5.69 Å². The molecule has 0 saturated heterocycles. The van der Waals surface area contributed by atoms with Gasteiger partial charge in [-0.2, -0.15) is 0 Å². The number of carbonyl (C=O) groups excluding carboxylic acids is 2. The van der Waals surface area contributed by atoms with Crippen LogP contribution in [0.1, 0.15) is 17.7 Å². The fourth-order valence-electron chi connectivity index (χ4n) is 2.69. The predicted molar refractivity (Wildman–Crippen MR) is 109 cm³/mol. The number of para-hydroxylation sites is 1. The number of hydrogen-bond donors (Lipinski definition) is 2. The molecule has 0 atom stereocenters. The van der Waals surface area contributed by atoms with E-state index in [9.17, 15) is 9.59 Å². The second kappa shape index (κ2) is 9.09. The van der Waals surface area contributed by atoms with Crippen LogP contribution in [0.15, 0.2) is 60.0 Å². The lowest BCUT2D eigenvalue weighted by atomic mass is 10.1. The molecule has 6 heteroatoms. The molecule has 1 heterocycles. The van der Waals surface area contributed by atoms with Crippen LogP contribution in [0.5, 0.6) is 0 Å². The molecule has 0 aliphatic heterocycles. The van der Waals surface area contributed by atoms with Gasteiger partial charge in [-0.3, -0.25) is 9.59 Å². The molecule has 0 spiro atoms. The first kappa shape index (κ1) is 18.8. The highest BCUT2D eigenvalue weighted by Gasteiger charge is 2.11. The molecule has 3 rings (SSSR count). The summed E-state index contributed by atoms with van der Waals surface area (Å²) in [4.78, 5) is 28.5. The number of aromatic nitrogens is 1. The molecule has 0 saturated carbocycles. The van der Waals surface area contributed by atoms with Gasteiger partial charge in [-0.05, 0) is 18.1 Å². The van der Waals surface area contributed by atoms with Crippen molar-refractivity contribution in [2.45, 2.75) is 19.3 Å². The number of nitrogens with one attached hydrogen (secondary N) is 2. The van der Waals surface area contributed by atoms with Crippen LogP contribution >= 0.6 is 11.3 Å². The Labute approximate surface area is 162 Å². The normalized spacial score (nSPS) is 10.4. The molecule has 0 fully saturated rings. The molecule has 0 bridgehead atoms. The highest BCUT2D eigenvalue weighted by Crippen LogP contribution is 2.24. The zero-order valence-electron chi connectivity index (χ0n) is 15.1. The number of carbonyl (C=O) groups is 2. The van der Waals surface area contributed by atoms with Crippen molar-refractivity contribution in [2.75, 3.05) is 12.4 Å². The first-order chi connectivity index (χ1) is 13.2. The minimum atomic E-state index is -0.118. The van der Waals surface area contributed by atoms with E-state index in [1.54, 1.807) is 7.05 Å². The maximum atomic E-state index is 12.4. The summed E-state index contributed by atoms with van der Waals surface area (Å²) in [6.45, 7) is 0. The van der Waals surface area contributed by atoms with E-state index in [1.165, 1.54) is 11.3 Å². The van der Waals surface area contributed by atoms with Gasteiger partial charge in [0.15, 0.2) is 0 Å². The topological polar surface area (TPSA) is 71.1 Å². The summed E-state index contributed by atoms with van der Waals surface area (Å²) in [5.74, 6) is -0.139. The molecule has 5 nitrogen and oxygen atoms in total. The molecule has 138 valence electrons. The van der Waals surface area contributed by atoms with Crippen molar-refractivity contribution in [2.24, 2.45) is 0 Å². The Kier molecular flexibility index (Phi) is 6.33. The van der Waals surface area contributed by atoms with Gasteiger partial charge in [0.2, 0.25) is 11.8 Å². The van der Waals surface area contributed by atoms with Crippen LogP contribution < -0.4 is 10.6 Å². The minimum absolute atomic E-state index is 0.0213. The standard InChI is InChI=1S/C21H21N3O2S/c1-22-19(25)12-11-15-7-5-6-10-18(15)24-20(26)13-17-14-27-21(23-17)16-8-3-2-4-9-16/h2-10,14H,11-13H2,1H3,(H,22,25)(H,24,26). The number of nitrogens with zero attached hydrogens (tertiary/aromatic N) is 1. The van der Waals surface area contributed by atoms with E-state index in [0.29, 0.717) is 12.8 Å². The van der Waals surface area contributed by atoms with Crippen LogP contribution in [0, 0.1) is 0 Å². The average molecular weight is 379 g/mol. The first-order valence-corrected chi connectivity index (χ1v) is 9.62. The fourth-order valence-corrected chi connectivity index (χ4v) is 3.52. The Bertz CT molecular complexity index is 922. The average Bonchev–Trinajstić information content (AvgIpc) is 3.16. The van der Waals surface area contributed by atoms with Crippen molar-refractivity contribution in [1.29, 1.82) is 0 Å². The van der Waals surface area contributed by atoms with Crippen LogP contribution in [-0.4, -0.2) is 23.8 Å². The van der Waals surface area contributed by atoms with E-state index in [-0.39, 0.29) is 18.2 Å². The summed E-state index contributed by atoms with van der Waals surface area (Å²) in [6, 6.07) is 17.5. The van der Waals surface area contributed by atoms with E-state index in [4.69, 9.17) is 0 Å². The number of rotatable bonds is 7. The fraction of sp³-hybridized carbons (Fsp3) is 0.190. The lowest BCUT2D eigenvalue weighted by Gasteiger charge is -2.10. The summed E-state index contributed by atoms with van der Waals surface area (Å²) in [5, 5.41) is 8.38. The maximum absolute atomic E-state index is 12.4. The van der Waals surface area contributed by atoms with Crippen molar-refractivity contribution in [1.82, 2.24) is 10.3 Å². The molecule has 0 aliphatic rings. The quantitative estimate of drug-likeness (QED) is 0.658. The van der Waals surface area contributed by atoms with Gasteiger partial charge in [0.25, 0.3) is 0 Å². The molecule has 0 unspecified atom stereocenters. The Morgan fingerprint density at radius 1 is 1.00 bits per heavy atom. The van der Waals surface area contributed by atoms with E-state index in [1.807, 2.05) is 60.0 Å². The summed E-state index contributed by atoms with van der Waals surface area (Å²) in [6.07, 6.45) is 1.17. The summed E-state index contributed by atoms with van der Waals surface area (Å²) in [7, 11) is 1.62. The smallest absolute Gasteiger partial charge is 0.230 e. The van der Waals surface area contributed by atoms with Crippen LogP contribution in [0.2, 0.25) is 0 Å². The van der Waals surface area contributed by atoms with Crippen molar-refractivity contribution >= 4 is 28.8 Å². The van der Waals surface area contributed by atoms with Gasteiger partial charge in [-0.25, -0.2) is 4.98 Å². The SMILES string of the molecule is CNC(=O)CCc1ccccc1NC(=O)Cc1csc(-c2ccccc2)n1. The molecular weight excluding hydrogens is 358 g/mol. The van der Waals surface area contributed by atoms with Crippen molar-refractivity contribution < 1.29 is 9.59 Å². The Morgan fingerprint density at radius 2 is 1.74 bits per heavy atom. The van der Waals surface area contributed by atoms with E-state index in [0.717, 1.165) is 27.5 Å². The Balaban J connectivity index is 1.63. The maximum Gasteiger partial charge on any atom is 0.230 e. The molecule has 27 heavy (non-hydrogen) atoms. The monoisotopic (exact) mass is 379 g/mol. The molecule has 2 N–H and O–H groups in total. The van der Waals surface area contributed by atoms with Gasteiger partial charge in [0.05, 0.1) is 12.1 Å². The number of hydrogen-bond acceptors (Lipinski definition) is 4. The molecule has 1 aromatic heterocycles. The largest absolute Gasteiger partial charge is 0.359 e. The van der Waals surface area contributed by atoms with E-state index >= 15 is 0 Å². The van der Waals surface area contributed by atoms with Gasteiger partial charge >= 0.3 is 0 Å². The molecule has 3 aromatic rings. The van der Waals surface area contributed by atoms with Gasteiger partial charge in [0.1, 0.15) is 5.01 Å². The molecule has 2 aromatic carbocycles. The van der Waals surface area contributed by atoms with Crippen LogP contribution in [0.25, 0.3) is 10.6 Å². The van der Waals surface area contributed by atoms with Crippen LogP contribution in [-0.2, 0) is 22.4 Å². The number of anilines is 1. The minimum Gasteiger partial charge on any atom is -0.359 e. The lowest BCUT2D eigenvalue weighted by molar-refractivity contribution is -0.120. The summed E-state index contributed by atoms with van der Waals surface area (Å²) in [5.41, 5.74) is 3.48. The van der Waals surface area contributed by atoms with Gasteiger partial charge in [-0.1, -0.05) is 48.5 Å². The number of benzene rings is 2. The van der Waals surface area contributed by atoms with Crippen molar-refractivity contribution in [3.8, 4) is 10.6 Å². The zero-order valence-corrected chi connectivity index (χ0v) is 15.9. The molecule has 2 amide bonds. The van der Waals surface area contributed by atoms with Gasteiger partial charge in [-0.15, -0.1) is 11.3 Å². The second-order valence-electron chi connectivity index (χ2n) is 6.07. The van der Waals surface area contributed by atoms with Crippen molar-refractivity contribution in [3.05, 3.63) is 71.2 Å². The highest BCUT2D eigenvalue weighted by atomic mass is 32.1. The molecule has 0 radical (unpaired) electrons. The first-order valence-electron chi connectivity index (χ1n) is 8.74. The predicted octanol–water partition coefficient (Wildman–Crippen LogP) is 3.67. The third kappa shape index (κ3) is 5.24. The third-order valence-corrected chi connectivity index (χ3v) is 5.05. The highest BCUT2D eigenvalue weighted by molar-refractivity contribution is 7.13.